The fraction of sp³-hybridized carbons (Fsp3) is 0.632. The number of amides is 1. The summed E-state index contributed by atoms with van der Waals surface area (Å²) in [6, 6.07) is 11.2. The van der Waals surface area contributed by atoms with Crippen molar-refractivity contribution in [3.05, 3.63) is 35.9 Å². The Morgan fingerprint density at radius 1 is 1.05 bits per heavy atom. The number of carbonyl (C=O) groups is 1. The first kappa shape index (κ1) is 15.5. The van der Waals surface area contributed by atoms with E-state index >= 15 is 0 Å². The van der Waals surface area contributed by atoms with Gasteiger partial charge in [-0.05, 0) is 56.7 Å². The van der Waals surface area contributed by atoms with Crippen molar-refractivity contribution in [2.45, 2.75) is 51.0 Å². The fourth-order valence-corrected chi connectivity index (χ4v) is 3.84. The highest BCUT2D eigenvalue weighted by Gasteiger charge is 2.22. The molecule has 0 aromatic heterocycles. The zero-order valence-corrected chi connectivity index (χ0v) is 13.5. The van der Waals surface area contributed by atoms with Crippen molar-refractivity contribution < 1.29 is 4.79 Å². The van der Waals surface area contributed by atoms with E-state index in [-0.39, 0.29) is 5.91 Å². The molecule has 0 radical (unpaired) electrons. The Kier molecular flexibility index (Phi) is 5.49. The van der Waals surface area contributed by atoms with Gasteiger partial charge in [-0.2, -0.15) is 0 Å². The van der Waals surface area contributed by atoms with Crippen molar-refractivity contribution in [3.63, 3.8) is 0 Å². The number of likely N-dealkylation sites (tertiary alicyclic amines) is 1. The molecular formula is C19H28N2O. The molecule has 1 aliphatic heterocycles. The van der Waals surface area contributed by atoms with E-state index < -0.39 is 0 Å². The SMILES string of the molecule is O=C(CN1CCC(Cc2ccccc2)CC1)NC1CCCC1. The van der Waals surface area contributed by atoms with Gasteiger partial charge < -0.3 is 5.32 Å². The molecule has 3 nitrogen and oxygen atoms in total. The van der Waals surface area contributed by atoms with Crippen LogP contribution in [0.1, 0.15) is 44.1 Å². The number of nitrogens with zero attached hydrogens (tertiary/aromatic N) is 1. The minimum absolute atomic E-state index is 0.230. The van der Waals surface area contributed by atoms with Crippen LogP contribution >= 0.6 is 0 Å². The fourth-order valence-electron chi connectivity index (χ4n) is 3.84. The van der Waals surface area contributed by atoms with Crippen molar-refractivity contribution in [2.75, 3.05) is 19.6 Å². The molecule has 0 bridgehead atoms. The lowest BCUT2D eigenvalue weighted by molar-refractivity contribution is -0.123. The first-order chi connectivity index (χ1) is 10.8. The number of hydrogen-bond acceptors (Lipinski definition) is 2. The number of piperidine rings is 1. The molecule has 0 spiro atoms. The molecule has 3 heteroatoms. The summed E-state index contributed by atoms with van der Waals surface area (Å²) in [7, 11) is 0. The predicted octanol–water partition coefficient (Wildman–Crippen LogP) is 3.00. The van der Waals surface area contributed by atoms with Crippen LogP contribution in [0.25, 0.3) is 0 Å². The highest BCUT2D eigenvalue weighted by molar-refractivity contribution is 5.78. The Bertz CT molecular complexity index is 460. The van der Waals surface area contributed by atoms with E-state index in [1.54, 1.807) is 0 Å². The Morgan fingerprint density at radius 2 is 1.73 bits per heavy atom. The molecule has 2 aliphatic rings. The smallest absolute Gasteiger partial charge is 0.234 e. The summed E-state index contributed by atoms with van der Waals surface area (Å²) in [5, 5.41) is 3.20. The molecular weight excluding hydrogens is 272 g/mol. The lowest BCUT2D eigenvalue weighted by Gasteiger charge is -2.31. The van der Waals surface area contributed by atoms with Crippen LogP contribution in [0.5, 0.6) is 0 Å². The quantitative estimate of drug-likeness (QED) is 0.906. The molecule has 3 rings (SSSR count). The largest absolute Gasteiger partial charge is 0.352 e. The second-order valence-corrected chi connectivity index (χ2v) is 6.96. The van der Waals surface area contributed by atoms with Crippen molar-refractivity contribution in [1.29, 1.82) is 0 Å². The topological polar surface area (TPSA) is 32.3 Å². The molecule has 1 saturated carbocycles. The first-order valence-corrected chi connectivity index (χ1v) is 8.85. The van der Waals surface area contributed by atoms with Gasteiger partial charge >= 0.3 is 0 Å². The molecule has 1 aromatic carbocycles. The lowest BCUT2D eigenvalue weighted by Crippen LogP contribution is -2.44. The van der Waals surface area contributed by atoms with Crippen molar-refractivity contribution in [1.82, 2.24) is 10.2 Å². The van der Waals surface area contributed by atoms with Crippen molar-refractivity contribution in [3.8, 4) is 0 Å². The normalized spacial score (nSPS) is 21.1. The summed E-state index contributed by atoms with van der Waals surface area (Å²) < 4.78 is 0. The highest BCUT2D eigenvalue weighted by atomic mass is 16.2. The van der Waals surface area contributed by atoms with E-state index in [1.165, 1.54) is 50.5 Å². The first-order valence-electron chi connectivity index (χ1n) is 8.85. The van der Waals surface area contributed by atoms with Gasteiger partial charge in [-0.1, -0.05) is 43.2 Å². The van der Waals surface area contributed by atoms with Gasteiger partial charge in [0.05, 0.1) is 6.54 Å². The van der Waals surface area contributed by atoms with Crippen molar-refractivity contribution in [2.24, 2.45) is 5.92 Å². The zero-order chi connectivity index (χ0) is 15.2. The summed E-state index contributed by atoms with van der Waals surface area (Å²) in [6.45, 7) is 2.72. The number of rotatable bonds is 5. The van der Waals surface area contributed by atoms with Gasteiger partial charge in [-0.3, -0.25) is 9.69 Å². The molecule has 1 amide bonds. The third kappa shape index (κ3) is 4.57. The molecule has 22 heavy (non-hydrogen) atoms. The molecule has 0 atom stereocenters. The average Bonchev–Trinajstić information content (AvgIpc) is 3.03. The van der Waals surface area contributed by atoms with E-state index in [9.17, 15) is 4.79 Å². The predicted molar refractivity (Wildman–Crippen MR) is 89.7 cm³/mol. The van der Waals surface area contributed by atoms with Gasteiger partial charge in [0.1, 0.15) is 0 Å². The van der Waals surface area contributed by atoms with Gasteiger partial charge in [0.25, 0.3) is 0 Å². The summed E-state index contributed by atoms with van der Waals surface area (Å²) in [4.78, 5) is 14.4. The van der Waals surface area contributed by atoms with Gasteiger partial charge in [-0.15, -0.1) is 0 Å². The van der Waals surface area contributed by atoms with Crippen LogP contribution in [-0.4, -0.2) is 36.5 Å². The maximum absolute atomic E-state index is 12.1. The minimum atomic E-state index is 0.230. The second-order valence-electron chi connectivity index (χ2n) is 6.96. The molecule has 1 heterocycles. The monoisotopic (exact) mass is 300 g/mol. The van der Waals surface area contributed by atoms with E-state index in [4.69, 9.17) is 0 Å². The van der Waals surface area contributed by atoms with Crippen LogP contribution in [0.3, 0.4) is 0 Å². The summed E-state index contributed by atoms with van der Waals surface area (Å²) >= 11 is 0. The van der Waals surface area contributed by atoms with Crippen LogP contribution in [0, 0.1) is 5.92 Å². The van der Waals surface area contributed by atoms with Crippen LogP contribution in [0.15, 0.2) is 30.3 Å². The van der Waals surface area contributed by atoms with E-state index in [1.807, 2.05) is 0 Å². The maximum Gasteiger partial charge on any atom is 0.234 e. The van der Waals surface area contributed by atoms with Crippen LogP contribution in [0.2, 0.25) is 0 Å². The molecule has 1 N–H and O–H groups in total. The number of benzene rings is 1. The summed E-state index contributed by atoms with van der Waals surface area (Å²) in [5.41, 5.74) is 1.44. The van der Waals surface area contributed by atoms with E-state index in [2.05, 4.69) is 40.5 Å². The van der Waals surface area contributed by atoms with E-state index in [0.29, 0.717) is 12.6 Å². The Morgan fingerprint density at radius 3 is 2.41 bits per heavy atom. The lowest BCUT2D eigenvalue weighted by atomic mass is 9.90. The van der Waals surface area contributed by atoms with Crippen LogP contribution in [-0.2, 0) is 11.2 Å². The van der Waals surface area contributed by atoms with Crippen LogP contribution < -0.4 is 5.32 Å². The second kappa shape index (κ2) is 7.77. The Labute approximate surface area is 134 Å². The maximum atomic E-state index is 12.1. The van der Waals surface area contributed by atoms with Gasteiger partial charge in [0.15, 0.2) is 0 Å². The number of hydrogen-bond donors (Lipinski definition) is 1. The van der Waals surface area contributed by atoms with Crippen LogP contribution in [0.4, 0.5) is 0 Å². The van der Waals surface area contributed by atoms with Gasteiger partial charge in [-0.25, -0.2) is 0 Å². The van der Waals surface area contributed by atoms with Crippen molar-refractivity contribution >= 4 is 5.91 Å². The third-order valence-corrected chi connectivity index (χ3v) is 5.16. The van der Waals surface area contributed by atoms with Gasteiger partial charge in [0.2, 0.25) is 5.91 Å². The minimum Gasteiger partial charge on any atom is -0.352 e. The molecule has 0 unspecified atom stereocenters. The number of carbonyl (C=O) groups excluding carboxylic acids is 1. The van der Waals surface area contributed by atoms with Gasteiger partial charge in [0, 0.05) is 6.04 Å². The molecule has 1 saturated heterocycles. The number of nitrogens with one attached hydrogen (secondary N) is 1. The third-order valence-electron chi connectivity index (χ3n) is 5.16. The molecule has 2 fully saturated rings. The summed E-state index contributed by atoms with van der Waals surface area (Å²) in [5.74, 6) is 1.00. The Hall–Kier alpha value is -1.35. The molecule has 1 aliphatic carbocycles. The average molecular weight is 300 g/mol. The zero-order valence-electron chi connectivity index (χ0n) is 13.5. The summed E-state index contributed by atoms with van der Waals surface area (Å²) in [6.07, 6.45) is 8.50. The highest BCUT2D eigenvalue weighted by Crippen LogP contribution is 2.22. The molecule has 1 aromatic rings. The molecule has 120 valence electrons. The Balaban J connectivity index is 1.37. The standard InChI is InChI=1S/C19H28N2O/c22-19(20-18-8-4-5-9-18)15-21-12-10-17(11-13-21)14-16-6-2-1-3-7-16/h1-3,6-7,17-18H,4-5,8-15H2,(H,20,22). The van der Waals surface area contributed by atoms with E-state index in [0.717, 1.165) is 19.0 Å².